The van der Waals surface area contributed by atoms with Gasteiger partial charge >= 0.3 is 0 Å². The van der Waals surface area contributed by atoms with Crippen LogP contribution in [0.2, 0.25) is 0 Å². The fourth-order valence-corrected chi connectivity index (χ4v) is 1.93. The average Bonchev–Trinajstić information content (AvgIpc) is 2.49. The Bertz CT molecular complexity index is 449. The molecule has 2 N–H and O–H groups in total. The van der Waals surface area contributed by atoms with Crippen molar-refractivity contribution in [2.24, 2.45) is 0 Å². The van der Waals surface area contributed by atoms with E-state index in [2.05, 4.69) is 23.6 Å². The van der Waals surface area contributed by atoms with Crippen molar-refractivity contribution in [1.29, 1.82) is 0 Å². The summed E-state index contributed by atoms with van der Waals surface area (Å²) in [6.45, 7) is 5.37. The van der Waals surface area contributed by atoms with Crippen LogP contribution in [0.5, 0.6) is 5.75 Å². The Kier molecular flexibility index (Phi) is 7.79. The summed E-state index contributed by atoms with van der Waals surface area (Å²) < 4.78 is 10.6. The fraction of sp³-hybridized carbons (Fsp3) is 0.562. The van der Waals surface area contributed by atoms with Crippen molar-refractivity contribution in [2.75, 3.05) is 33.9 Å². The number of nitrogens with one attached hydrogen (secondary N) is 2. The topological polar surface area (TPSA) is 59.6 Å². The molecule has 0 aliphatic carbocycles. The monoisotopic (exact) mass is 294 g/mol. The molecule has 118 valence electrons. The Morgan fingerprint density at radius 2 is 2.14 bits per heavy atom. The second-order valence-corrected chi connectivity index (χ2v) is 5.04. The zero-order chi connectivity index (χ0) is 15.7. The second-order valence-electron chi connectivity index (χ2n) is 5.04. The molecule has 5 nitrogen and oxygen atoms in total. The Balaban J connectivity index is 2.52. The highest BCUT2D eigenvalue weighted by Crippen LogP contribution is 2.26. The number of amides is 1. The van der Waals surface area contributed by atoms with E-state index >= 15 is 0 Å². The van der Waals surface area contributed by atoms with E-state index in [1.165, 1.54) is 5.56 Å². The maximum absolute atomic E-state index is 11.7. The minimum atomic E-state index is -0.116. The molecule has 0 heterocycles. The van der Waals surface area contributed by atoms with Gasteiger partial charge in [0.25, 0.3) is 5.91 Å². The smallest absolute Gasteiger partial charge is 0.257 e. The Labute approximate surface area is 127 Å². The number of methoxy groups -OCH3 is 1. The first-order valence-corrected chi connectivity index (χ1v) is 7.24. The molecule has 0 spiro atoms. The third-order valence-electron chi connectivity index (χ3n) is 3.27. The lowest BCUT2D eigenvalue weighted by Gasteiger charge is -2.17. The van der Waals surface area contributed by atoms with Crippen LogP contribution < -0.4 is 15.4 Å². The number of ether oxygens (including phenoxy) is 2. The lowest BCUT2D eigenvalue weighted by molar-refractivity contribution is -0.123. The normalized spacial score (nSPS) is 12.0. The van der Waals surface area contributed by atoms with E-state index in [9.17, 15) is 4.79 Å². The molecule has 5 heteroatoms. The first kappa shape index (κ1) is 17.5. The van der Waals surface area contributed by atoms with Gasteiger partial charge in [-0.3, -0.25) is 4.79 Å². The van der Waals surface area contributed by atoms with Gasteiger partial charge in [-0.25, -0.2) is 0 Å². The fourth-order valence-electron chi connectivity index (χ4n) is 1.93. The van der Waals surface area contributed by atoms with Crippen LogP contribution in [0.4, 0.5) is 0 Å². The van der Waals surface area contributed by atoms with Crippen LogP contribution in [0, 0.1) is 6.92 Å². The molecule has 1 aromatic carbocycles. The average molecular weight is 294 g/mol. The van der Waals surface area contributed by atoms with Crippen LogP contribution in [0.1, 0.15) is 30.5 Å². The number of aryl methyl sites for hydroxylation is 1. The highest BCUT2D eigenvalue weighted by Gasteiger charge is 2.11. The van der Waals surface area contributed by atoms with Crippen LogP contribution in [-0.4, -0.2) is 39.8 Å². The zero-order valence-electron chi connectivity index (χ0n) is 13.4. The molecule has 1 atom stereocenters. The van der Waals surface area contributed by atoms with E-state index in [1.54, 1.807) is 7.11 Å². The van der Waals surface area contributed by atoms with E-state index in [-0.39, 0.29) is 18.6 Å². The van der Waals surface area contributed by atoms with Crippen LogP contribution in [0.15, 0.2) is 18.2 Å². The zero-order valence-corrected chi connectivity index (χ0v) is 13.4. The van der Waals surface area contributed by atoms with Crippen LogP contribution in [0.3, 0.4) is 0 Å². The maximum Gasteiger partial charge on any atom is 0.257 e. The first-order valence-electron chi connectivity index (χ1n) is 7.24. The quantitative estimate of drug-likeness (QED) is 0.682. The standard InChI is InChI=1S/C16H26N2O3/c1-12-6-7-15(14(10-12)13(2)17-3)21-11-16(19)18-8-5-9-20-4/h6-7,10,13,17H,5,8-9,11H2,1-4H3,(H,18,19). The van der Waals surface area contributed by atoms with Gasteiger partial charge in [0.15, 0.2) is 6.61 Å². The summed E-state index contributed by atoms with van der Waals surface area (Å²) in [5.74, 6) is 0.629. The number of hydrogen-bond acceptors (Lipinski definition) is 4. The van der Waals surface area contributed by atoms with Crippen LogP contribution in [0.25, 0.3) is 0 Å². The highest BCUT2D eigenvalue weighted by molar-refractivity contribution is 5.77. The number of carbonyl (C=O) groups excluding carboxylic acids is 1. The van der Waals surface area contributed by atoms with Crippen LogP contribution in [-0.2, 0) is 9.53 Å². The molecule has 1 amide bonds. The van der Waals surface area contributed by atoms with Gasteiger partial charge in [-0.05, 0) is 33.4 Å². The SMILES string of the molecule is CNC(C)c1cc(C)ccc1OCC(=O)NCCCOC. The van der Waals surface area contributed by atoms with Gasteiger partial charge in [-0.15, -0.1) is 0 Å². The van der Waals surface area contributed by atoms with Gasteiger partial charge in [0.2, 0.25) is 0 Å². The molecule has 0 bridgehead atoms. The van der Waals surface area contributed by atoms with E-state index in [4.69, 9.17) is 9.47 Å². The van der Waals surface area contributed by atoms with Crippen LogP contribution >= 0.6 is 0 Å². The summed E-state index contributed by atoms with van der Waals surface area (Å²) in [5.41, 5.74) is 2.23. The van der Waals surface area contributed by atoms with Gasteiger partial charge < -0.3 is 20.1 Å². The summed E-state index contributed by atoms with van der Waals surface area (Å²) in [4.78, 5) is 11.7. The summed E-state index contributed by atoms with van der Waals surface area (Å²) in [6.07, 6.45) is 0.800. The number of benzene rings is 1. The van der Waals surface area contributed by atoms with Gasteiger partial charge in [0, 0.05) is 31.9 Å². The van der Waals surface area contributed by atoms with Crippen molar-refractivity contribution in [3.63, 3.8) is 0 Å². The second kappa shape index (κ2) is 9.37. The molecule has 21 heavy (non-hydrogen) atoms. The first-order chi connectivity index (χ1) is 10.1. The molecule has 0 saturated carbocycles. The van der Waals surface area contributed by atoms with Crippen molar-refractivity contribution in [2.45, 2.75) is 26.3 Å². The Hall–Kier alpha value is -1.59. The van der Waals surface area contributed by atoms with Crippen molar-refractivity contribution in [3.8, 4) is 5.75 Å². The minimum absolute atomic E-state index is 0.0273. The van der Waals surface area contributed by atoms with Gasteiger partial charge in [-0.1, -0.05) is 17.7 Å². The van der Waals surface area contributed by atoms with E-state index in [0.717, 1.165) is 17.7 Å². The predicted octanol–water partition coefficient (Wildman–Crippen LogP) is 1.81. The molecule has 0 saturated heterocycles. The number of rotatable bonds is 9. The lowest BCUT2D eigenvalue weighted by atomic mass is 10.0. The van der Waals surface area contributed by atoms with E-state index < -0.39 is 0 Å². The minimum Gasteiger partial charge on any atom is -0.483 e. The summed E-state index contributed by atoms with van der Waals surface area (Å²) in [6, 6.07) is 6.14. The van der Waals surface area contributed by atoms with Crippen molar-refractivity contribution in [1.82, 2.24) is 10.6 Å². The molecule has 0 aromatic heterocycles. The molecular weight excluding hydrogens is 268 g/mol. The summed E-state index contributed by atoms with van der Waals surface area (Å²) >= 11 is 0. The Morgan fingerprint density at radius 3 is 2.81 bits per heavy atom. The third-order valence-corrected chi connectivity index (χ3v) is 3.27. The molecule has 1 aromatic rings. The number of carbonyl (C=O) groups is 1. The Morgan fingerprint density at radius 1 is 1.38 bits per heavy atom. The molecule has 0 aliphatic heterocycles. The largest absolute Gasteiger partial charge is 0.483 e. The molecule has 1 unspecified atom stereocenters. The third kappa shape index (κ3) is 6.14. The highest BCUT2D eigenvalue weighted by atomic mass is 16.5. The molecule has 1 rings (SSSR count). The van der Waals surface area contributed by atoms with E-state index in [1.807, 2.05) is 26.1 Å². The molecule has 0 fully saturated rings. The lowest BCUT2D eigenvalue weighted by Crippen LogP contribution is -2.30. The van der Waals surface area contributed by atoms with Gasteiger partial charge in [0.1, 0.15) is 5.75 Å². The molecule has 0 radical (unpaired) electrons. The molecular formula is C16H26N2O3. The van der Waals surface area contributed by atoms with Gasteiger partial charge in [-0.2, -0.15) is 0 Å². The summed E-state index contributed by atoms with van der Waals surface area (Å²) in [5, 5.41) is 5.99. The summed E-state index contributed by atoms with van der Waals surface area (Å²) in [7, 11) is 3.55. The van der Waals surface area contributed by atoms with Crippen molar-refractivity contribution >= 4 is 5.91 Å². The molecule has 0 aliphatic rings. The van der Waals surface area contributed by atoms with Gasteiger partial charge in [0.05, 0.1) is 0 Å². The maximum atomic E-state index is 11.7. The predicted molar refractivity (Wildman–Crippen MR) is 83.7 cm³/mol. The van der Waals surface area contributed by atoms with Crippen molar-refractivity contribution < 1.29 is 14.3 Å². The van der Waals surface area contributed by atoms with E-state index in [0.29, 0.717) is 13.2 Å². The number of hydrogen-bond donors (Lipinski definition) is 2. The van der Waals surface area contributed by atoms with Crippen molar-refractivity contribution in [3.05, 3.63) is 29.3 Å².